The Kier molecular flexibility index (Phi) is 17.8. The minimum absolute atomic E-state index is 0.0215. The zero-order chi connectivity index (χ0) is 53.3. The molecule has 20 heteroatoms. The first kappa shape index (κ1) is 54.5. The Morgan fingerprint density at radius 1 is 0.882 bits per heavy atom. The van der Waals surface area contributed by atoms with Crippen LogP contribution in [0.25, 0.3) is 21.7 Å². The number of carbonyl (C=O) groups is 3. The van der Waals surface area contributed by atoms with Crippen LogP contribution in [0.15, 0.2) is 78.4 Å². The summed E-state index contributed by atoms with van der Waals surface area (Å²) in [4.78, 5) is 62.0. The summed E-state index contributed by atoms with van der Waals surface area (Å²) in [6.07, 6.45) is 5.05. The molecule has 9 rings (SSSR count). The normalized spacial score (nSPS) is 20.5. The number of β-amino-alcohol motifs (C(OH)–C–C–N with tert-alkyl or cyclic N) is 1. The molecule has 4 aliphatic rings. The van der Waals surface area contributed by atoms with Crippen molar-refractivity contribution < 1.29 is 34.1 Å². The number of hydrogen-bond acceptors (Lipinski definition) is 17. The van der Waals surface area contributed by atoms with Crippen molar-refractivity contribution in [1.82, 2.24) is 45.5 Å². The van der Waals surface area contributed by atoms with E-state index in [0.29, 0.717) is 68.7 Å². The topological polar surface area (TPSA) is 228 Å². The van der Waals surface area contributed by atoms with Crippen molar-refractivity contribution in [2.45, 2.75) is 96.6 Å². The van der Waals surface area contributed by atoms with Crippen molar-refractivity contribution in [3.63, 3.8) is 0 Å². The molecule has 4 fully saturated rings. The SMILES string of the molecule is Cc1ncsc1-c1ccc(CNC(=O)[C@@H]2C[C@@H](O)CN2C(=O)C(NC(=O)CN2CCN(CCOCCOCCCc3cc(N4C5CCC4CN(c4cc(-c6ccccc6O)nnc4N)C5)ccn3)CC2)C(C)(C)C)cc1. The molecule has 3 aromatic heterocycles. The van der Waals surface area contributed by atoms with Gasteiger partial charge in [-0.25, -0.2) is 4.98 Å². The molecule has 2 aromatic carbocycles. The Balaban J connectivity index is 0.639. The fourth-order valence-corrected chi connectivity index (χ4v) is 11.8. The number of para-hydroxylation sites is 1. The van der Waals surface area contributed by atoms with Gasteiger partial charge in [-0.2, -0.15) is 0 Å². The second-order valence-electron chi connectivity index (χ2n) is 21.6. The standard InChI is InChI=1S/C56H74N12O7S/c1-37-51(76-36-60-37)39-13-11-38(12-14-39)31-59-54(72)48-29-44(69)34-67(48)55(73)52(56(2,3)4)61-50(71)35-65-21-19-64(20-22-65)23-25-75-27-26-74-24-7-8-40-28-41(17-18-58-40)68-42-15-16-43(68)33-66(32-42)47-30-46(62-63-53(47)57)45-9-5-6-10-49(45)70/h5-6,9-14,17-18,28,30,36,42-44,48,52,69-70H,7-8,15-16,19-27,29,31-35H2,1-4H3,(H2,57,63)(H,59,72)(H,61,71)/t42?,43?,44-,48+,52?/m1/s1. The summed E-state index contributed by atoms with van der Waals surface area (Å²) >= 11 is 1.58. The number of benzene rings is 2. The molecule has 7 heterocycles. The van der Waals surface area contributed by atoms with E-state index in [0.717, 1.165) is 91.5 Å². The summed E-state index contributed by atoms with van der Waals surface area (Å²) in [5.74, 6) is -0.412. The van der Waals surface area contributed by atoms with Crippen LogP contribution in [0.3, 0.4) is 0 Å². The van der Waals surface area contributed by atoms with E-state index in [-0.39, 0.29) is 49.5 Å². The molecule has 3 amide bonds. The number of fused-ring (bicyclic) bond motifs is 2. The van der Waals surface area contributed by atoms with Crippen LogP contribution >= 0.6 is 11.3 Å². The smallest absolute Gasteiger partial charge is 0.246 e. The first-order chi connectivity index (χ1) is 36.7. The van der Waals surface area contributed by atoms with Gasteiger partial charge in [-0.15, -0.1) is 21.5 Å². The second-order valence-corrected chi connectivity index (χ2v) is 22.5. The number of nitrogen functional groups attached to an aromatic ring is 1. The van der Waals surface area contributed by atoms with E-state index in [4.69, 9.17) is 15.2 Å². The molecule has 2 bridgehead atoms. The zero-order valence-electron chi connectivity index (χ0n) is 44.3. The monoisotopic (exact) mass is 1060 g/mol. The zero-order valence-corrected chi connectivity index (χ0v) is 45.1. The number of pyridine rings is 1. The lowest BCUT2D eigenvalue weighted by Crippen LogP contribution is -2.59. The van der Waals surface area contributed by atoms with Gasteiger partial charge in [0.15, 0.2) is 5.82 Å². The van der Waals surface area contributed by atoms with Gasteiger partial charge in [-0.3, -0.25) is 29.2 Å². The molecule has 0 spiro atoms. The Morgan fingerprint density at radius 3 is 2.32 bits per heavy atom. The number of aryl methyl sites for hydroxylation is 2. The van der Waals surface area contributed by atoms with Gasteiger partial charge in [0.1, 0.15) is 17.8 Å². The molecule has 76 heavy (non-hydrogen) atoms. The Hall–Kier alpha value is -6.29. The number of nitrogens with zero attached hydrogens (tertiary/aromatic N) is 9. The molecular weight excluding hydrogens is 985 g/mol. The van der Waals surface area contributed by atoms with E-state index in [1.165, 1.54) is 10.6 Å². The lowest BCUT2D eigenvalue weighted by molar-refractivity contribution is -0.144. The fourth-order valence-electron chi connectivity index (χ4n) is 11.0. The summed E-state index contributed by atoms with van der Waals surface area (Å²) in [5.41, 5.74) is 14.8. The van der Waals surface area contributed by atoms with E-state index in [2.05, 4.69) is 62.5 Å². The maximum absolute atomic E-state index is 14.2. The van der Waals surface area contributed by atoms with Gasteiger partial charge in [0.05, 0.1) is 59.9 Å². The number of nitrogens with two attached hydrogens (primary N) is 1. The summed E-state index contributed by atoms with van der Waals surface area (Å²) in [6, 6.07) is 20.3. The highest BCUT2D eigenvalue weighted by molar-refractivity contribution is 7.13. The number of hydrogen-bond donors (Lipinski definition) is 5. The van der Waals surface area contributed by atoms with Crippen LogP contribution in [-0.2, 0) is 36.8 Å². The number of likely N-dealkylation sites (tertiary alicyclic amines) is 1. The minimum atomic E-state index is -0.887. The number of aliphatic hydroxyl groups is 1. The number of aromatic nitrogens is 4. The lowest BCUT2D eigenvalue weighted by Gasteiger charge is -2.43. The molecule has 3 unspecified atom stereocenters. The van der Waals surface area contributed by atoms with E-state index in [9.17, 15) is 24.6 Å². The van der Waals surface area contributed by atoms with Crippen molar-refractivity contribution in [1.29, 1.82) is 0 Å². The fraction of sp³-hybridized carbons (Fsp3) is 0.518. The predicted molar refractivity (Wildman–Crippen MR) is 294 cm³/mol. The van der Waals surface area contributed by atoms with E-state index >= 15 is 0 Å². The third-order valence-corrected chi connectivity index (χ3v) is 16.1. The minimum Gasteiger partial charge on any atom is -0.507 e. The summed E-state index contributed by atoms with van der Waals surface area (Å²) < 4.78 is 11.9. The van der Waals surface area contributed by atoms with E-state index in [1.807, 2.05) is 81.9 Å². The number of nitrogens with one attached hydrogen (secondary N) is 2. The number of aromatic hydroxyl groups is 1. The van der Waals surface area contributed by atoms with Crippen LogP contribution in [0.4, 0.5) is 17.2 Å². The van der Waals surface area contributed by atoms with Gasteiger partial charge < -0.3 is 50.8 Å². The summed E-state index contributed by atoms with van der Waals surface area (Å²) in [7, 11) is 0. The number of piperazine rings is 2. The van der Waals surface area contributed by atoms with Crippen LogP contribution in [0.5, 0.6) is 5.75 Å². The molecule has 19 nitrogen and oxygen atoms in total. The summed E-state index contributed by atoms with van der Waals surface area (Å²) in [5, 5.41) is 35.6. The number of aliphatic hydroxyl groups excluding tert-OH is 1. The average Bonchev–Trinajstić information content (AvgIpc) is 4.11. The van der Waals surface area contributed by atoms with Gasteiger partial charge >= 0.3 is 0 Å². The highest BCUT2D eigenvalue weighted by atomic mass is 32.1. The molecule has 5 aromatic rings. The molecular formula is C56H74N12O7S. The van der Waals surface area contributed by atoms with Crippen molar-refractivity contribution in [3.05, 3.63) is 95.4 Å². The van der Waals surface area contributed by atoms with Crippen molar-refractivity contribution in [2.75, 3.05) is 101 Å². The van der Waals surface area contributed by atoms with Crippen LogP contribution in [-0.4, -0.2) is 178 Å². The number of rotatable bonds is 21. The van der Waals surface area contributed by atoms with Gasteiger partial charge in [0.2, 0.25) is 17.7 Å². The number of phenolic OH excluding ortho intramolecular Hbond substituents is 1. The van der Waals surface area contributed by atoms with E-state index in [1.54, 1.807) is 23.5 Å². The molecule has 4 aliphatic heterocycles. The third-order valence-electron chi connectivity index (χ3n) is 15.1. The first-order valence-electron chi connectivity index (χ1n) is 26.7. The Labute approximate surface area is 449 Å². The maximum atomic E-state index is 14.2. The highest BCUT2D eigenvalue weighted by Gasteiger charge is 2.45. The van der Waals surface area contributed by atoms with E-state index < -0.39 is 23.6 Å². The number of thiazole rings is 1. The average molecular weight is 1060 g/mol. The molecule has 406 valence electrons. The number of phenols is 1. The summed E-state index contributed by atoms with van der Waals surface area (Å²) in [6.45, 7) is 15.8. The van der Waals surface area contributed by atoms with Crippen LogP contribution in [0, 0.1) is 12.3 Å². The largest absolute Gasteiger partial charge is 0.507 e. The van der Waals surface area contributed by atoms with Crippen LogP contribution in [0.2, 0.25) is 0 Å². The van der Waals surface area contributed by atoms with Gasteiger partial charge in [-0.05, 0) is 79.5 Å². The Bertz CT molecular complexity index is 2750. The molecule has 0 saturated carbocycles. The van der Waals surface area contributed by atoms with Crippen molar-refractivity contribution in [3.8, 4) is 27.4 Å². The number of carbonyl (C=O) groups excluding carboxylic acids is 3. The predicted octanol–water partition coefficient (Wildman–Crippen LogP) is 4.51. The van der Waals surface area contributed by atoms with Crippen LogP contribution in [0.1, 0.15) is 63.4 Å². The maximum Gasteiger partial charge on any atom is 0.246 e. The first-order valence-corrected chi connectivity index (χ1v) is 27.6. The highest BCUT2D eigenvalue weighted by Crippen LogP contribution is 2.39. The quantitative estimate of drug-likeness (QED) is 0.0638. The Morgan fingerprint density at radius 2 is 1.61 bits per heavy atom. The van der Waals surface area contributed by atoms with Crippen LogP contribution < -0.4 is 26.2 Å². The molecule has 6 N–H and O–H groups in total. The van der Waals surface area contributed by atoms with Crippen molar-refractivity contribution >= 4 is 46.3 Å². The van der Waals surface area contributed by atoms with Gasteiger partial charge in [0, 0.05) is 107 Å². The lowest BCUT2D eigenvalue weighted by atomic mass is 9.85. The number of anilines is 3. The number of amides is 3. The molecule has 4 saturated heterocycles. The van der Waals surface area contributed by atoms with Gasteiger partial charge in [0.25, 0.3) is 0 Å². The second kappa shape index (κ2) is 24.8. The molecule has 5 atom stereocenters. The molecule has 0 aliphatic carbocycles. The molecule has 0 radical (unpaired) electrons. The number of ether oxygens (including phenoxy) is 2. The van der Waals surface area contributed by atoms with Gasteiger partial charge in [-0.1, -0.05) is 57.2 Å². The third kappa shape index (κ3) is 13.4. The van der Waals surface area contributed by atoms with Crippen molar-refractivity contribution in [2.24, 2.45) is 5.41 Å².